The van der Waals surface area contributed by atoms with Crippen LogP contribution in [-0.2, 0) is 16.1 Å². The fourth-order valence-electron chi connectivity index (χ4n) is 4.08. The molecule has 130 valence electrons. The summed E-state index contributed by atoms with van der Waals surface area (Å²) in [7, 11) is 0. The summed E-state index contributed by atoms with van der Waals surface area (Å²) in [6, 6.07) is 2.39. The largest absolute Gasteiger partial charge is 0.342 e. The zero-order chi connectivity index (χ0) is 16.5. The van der Waals surface area contributed by atoms with Crippen LogP contribution in [0.3, 0.4) is 0 Å². The van der Waals surface area contributed by atoms with E-state index in [0.29, 0.717) is 24.9 Å². The number of nitrogens with zero attached hydrogens (tertiary/aromatic N) is 4. The third-order valence-electron chi connectivity index (χ3n) is 5.75. The van der Waals surface area contributed by atoms with Crippen LogP contribution in [-0.4, -0.2) is 57.1 Å². The molecule has 1 saturated carbocycles. The molecule has 1 aromatic rings. The Morgan fingerprint density at radius 2 is 2.00 bits per heavy atom. The van der Waals surface area contributed by atoms with Crippen molar-refractivity contribution >= 4 is 11.8 Å². The second-order valence-corrected chi connectivity index (χ2v) is 7.50. The van der Waals surface area contributed by atoms with Crippen molar-refractivity contribution in [1.29, 1.82) is 0 Å². The molecule has 3 fully saturated rings. The van der Waals surface area contributed by atoms with Gasteiger partial charge in [0.15, 0.2) is 0 Å². The van der Waals surface area contributed by atoms with Gasteiger partial charge in [0.05, 0.1) is 5.92 Å². The van der Waals surface area contributed by atoms with Crippen molar-refractivity contribution in [3.63, 3.8) is 0 Å². The number of rotatable bonds is 5. The summed E-state index contributed by atoms with van der Waals surface area (Å²) in [6.45, 7) is 3.30. The van der Waals surface area contributed by atoms with Gasteiger partial charge in [0.2, 0.25) is 11.8 Å². The molecule has 3 heterocycles. The lowest BCUT2D eigenvalue weighted by Crippen LogP contribution is -2.42. The second-order valence-electron chi connectivity index (χ2n) is 7.50. The van der Waals surface area contributed by atoms with E-state index >= 15 is 0 Å². The molecular weight excluding hydrogens is 304 g/mol. The van der Waals surface area contributed by atoms with Crippen LogP contribution in [0.15, 0.2) is 18.5 Å². The highest BCUT2D eigenvalue weighted by Gasteiger charge is 2.43. The molecule has 4 rings (SSSR count). The van der Waals surface area contributed by atoms with E-state index in [9.17, 15) is 9.59 Å². The van der Waals surface area contributed by atoms with Crippen LogP contribution in [0.1, 0.15) is 38.5 Å². The van der Waals surface area contributed by atoms with Gasteiger partial charge in [0.1, 0.15) is 0 Å². The molecule has 2 aliphatic heterocycles. The molecule has 2 amide bonds. The molecule has 1 aliphatic carbocycles. The standard InChI is InChI=1S/C18H26N4O2/c23-17-12-15(13-22(17)16-2-3-16)18(24)20-9-4-14(5-10-20)6-11-21-8-1-7-19-21/h1,7-8,14-16H,2-6,9-13H2/t15-/m1/s1. The molecule has 6 nitrogen and oxygen atoms in total. The first-order chi connectivity index (χ1) is 11.7. The van der Waals surface area contributed by atoms with Gasteiger partial charge in [-0.1, -0.05) is 0 Å². The summed E-state index contributed by atoms with van der Waals surface area (Å²) in [5.41, 5.74) is 0. The average molecular weight is 330 g/mol. The molecule has 1 aromatic heterocycles. The van der Waals surface area contributed by atoms with Crippen LogP contribution in [0.4, 0.5) is 0 Å². The van der Waals surface area contributed by atoms with Crippen LogP contribution >= 0.6 is 0 Å². The Labute approximate surface area is 142 Å². The van der Waals surface area contributed by atoms with Gasteiger partial charge >= 0.3 is 0 Å². The molecule has 0 unspecified atom stereocenters. The maximum absolute atomic E-state index is 12.7. The maximum Gasteiger partial charge on any atom is 0.227 e. The average Bonchev–Trinajstić information content (AvgIpc) is 3.16. The summed E-state index contributed by atoms with van der Waals surface area (Å²) in [5, 5.41) is 4.25. The molecule has 0 spiro atoms. The zero-order valence-corrected chi connectivity index (χ0v) is 14.1. The smallest absolute Gasteiger partial charge is 0.227 e. The number of piperidine rings is 1. The first-order valence-electron chi connectivity index (χ1n) is 9.26. The molecule has 6 heteroatoms. The molecule has 0 N–H and O–H groups in total. The lowest BCUT2D eigenvalue weighted by Gasteiger charge is -2.33. The minimum Gasteiger partial charge on any atom is -0.342 e. The summed E-state index contributed by atoms with van der Waals surface area (Å²) >= 11 is 0. The van der Waals surface area contributed by atoms with Gasteiger partial charge in [0, 0.05) is 51.0 Å². The molecule has 0 aromatic carbocycles. The normalized spacial score (nSPS) is 25.5. The lowest BCUT2D eigenvalue weighted by molar-refractivity contribution is -0.137. The molecular formula is C18H26N4O2. The van der Waals surface area contributed by atoms with Gasteiger partial charge in [-0.15, -0.1) is 0 Å². The number of hydrogen-bond acceptors (Lipinski definition) is 3. The van der Waals surface area contributed by atoms with Crippen molar-refractivity contribution in [3.8, 4) is 0 Å². The van der Waals surface area contributed by atoms with Crippen molar-refractivity contribution in [1.82, 2.24) is 19.6 Å². The number of aromatic nitrogens is 2. The van der Waals surface area contributed by atoms with Crippen molar-refractivity contribution < 1.29 is 9.59 Å². The van der Waals surface area contributed by atoms with E-state index in [0.717, 1.165) is 51.7 Å². The van der Waals surface area contributed by atoms with Gasteiger partial charge < -0.3 is 9.80 Å². The van der Waals surface area contributed by atoms with Crippen LogP contribution in [0.2, 0.25) is 0 Å². The maximum atomic E-state index is 12.7. The molecule has 2 saturated heterocycles. The number of amides is 2. The Bertz CT molecular complexity index is 588. The molecule has 0 bridgehead atoms. The number of likely N-dealkylation sites (tertiary alicyclic amines) is 2. The topological polar surface area (TPSA) is 58.4 Å². The van der Waals surface area contributed by atoms with Crippen LogP contribution < -0.4 is 0 Å². The third-order valence-corrected chi connectivity index (χ3v) is 5.75. The molecule has 24 heavy (non-hydrogen) atoms. The highest BCUT2D eigenvalue weighted by Crippen LogP contribution is 2.33. The highest BCUT2D eigenvalue weighted by atomic mass is 16.2. The summed E-state index contributed by atoms with van der Waals surface area (Å²) < 4.78 is 1.98. The van der Waals surface area contributed by atoms with Gasteiger partial charge in [-0.2, -0.15) is 5.10 Å². The predicted octanol–water partition coefficient (Wildman–Crippen LogP) is 1.52. The third kappa shape index (κ3) is 3.32. The fourth-order valence-corrected chi connectivity index (χ4v) is 4.08. The van der Waals surface area contributed by atoms with Crippen LogP contribution in [0, 0.1) is 11.8 Å². The number of carbonyl (C=O) groups excluding carboxylic acids is 2. The van der Waals surface area contributed by atoms with E-state index in [-0.39, 0.29) is 17.7 Å². The van der Waals surface area contributed by atoms with Crippen LogP contribution in [0.5, 0.6) is 0 Å². The number of aryl methyl sites for hydroxylation is 1. The first kappa shape index (κ1) is 15.7. The van der Waals surface area contributed by atoms with E-state index < -0.39 is 0 Å². The number of hydrogen-bond donors (Lipinski definition) is 0. The minimum absolute atomic E-state index is 0.0984. The molecule has 1 atom stereocenters. The highest BCUT2D eigenvalue weighted by molar-refractivity contribution is 5.89. The van der Waals surface area contributed by atoms with E-state index in [1.807, 2.05) is 32.9 Å². The fraction of sp³-hybridized carbons (Fsp3) is 0.722. The minimum atomic E-state index is -0.0984. The number of carbonyl (C=O) groups is 2. The van der Waals surface area contributed by atoms with Gasteiger partial charge in [0.25, 0.3) is 0 Å². The Balaban J connectivity index is 1.23. The Morgan fingerprint density at radius 3 is 2.67 bits per heavy atom. The van der Waals surface area contributed by atoms with Crippen molar-refractivity contribution in [2.24, 2.45) is 11.8 Å². The van der Waals surface area contributed by atoms with Crippen molar-refractivity contribution in [2.75, 3.05) is 19.6 Å². The monoisotopic (exact) mass is 330 g/mol. The Morgan fingerprint density at radius 1 is 1.21 bits per heavy atom. The summed E-state index contributed by atoms with van der Waals surface area (Å²) in [5.74, 6) is 0.965. The van der Waals surface area contributed by atoms with Crippen molar-refractivity contribution in [2.45, 2.75) is 51.1 Å². The van der Waals surface area contributed by atoms with E-state index in [2.05, 4.69) is 5.10 Å². The summed E-state index contributed by atoms with van der Waals surface area (Å²) in [4.78, 5) is 28.7. The SMILES string of the molecule is O=C([C@@H]1CC(=O)N(C2CC2)C1)N1CCC(CCn2cccn2)CC1. The van der Waals surface area contributed by atoms with Gasteiger partial charge in [-0.3, -0.25) is 14.3 Å². The van der Waals surface area contributed by atoms with Gasteiger partial charge in [-0.05, 0) is 44.1 Å². The van der Waals surface area contributed by atoms with Crippen molar-refractivity contribution in [3.05, 3.63) is 18.5 Å². The van der Waals surface area contributed by atoms with E-state index in [1.54, 1.807) is 0 Å². The van der Waals surface area contributed by atoms with E-state index in [4.69, 9.17) is 0 Å². The second kappa shape index (κ2) is 6.57. The summed E-state index contributed by atoms with van der Waals surface area (Å²) in [6.07, 6.45) is 9.74. The lowest BCUT2D eigenvalue weighted by atomic mass is 9.92. The van der Waals surface area contributed by atoms with Gasteiger partial charge in [-0.25, -0.2) is 0 Å². The molecule has 3 aliphatic rings. The zero-order valence-electron chi connectivity index (χ0n) is 14.1. The Hall–Kier alpha value is -1.85. The quantitative estimate of drug-likeness (QED) is 0.822. The van der Waals surface area contributed by atoms with E-state index in [1.165, 1.54) is 0 Å². The predicted molar refractivity (Wildman–Crippen MR) is 89.0 cm³/mol. The Kier molecular flexibility index (Phi) is 4.29. The first-order valence-corrected chi connectivity index (χ1v) is 9.26. The molecule has 0 radical (unpaired) electrons. The van der Waals surface area contributed by atoms with Crippen LogP contribution in [0.25, 0.3) is 0 Å².